The van der Waals surface area contributed by atoms with Gasteiger partial charge >= 0.3 is 5.97 Å². The quantitative estimate of drug-likeness (QED) is 0.231. The fraction of sp³-hybridized carbons (Fsp3) is 0.810. The topological polar surface area (TPSA) is 57.2 Å². The number of guanidine groups is 1. The van der Waals surface area contributed by atoms with E-state index in [1.165, 1.54) is 6.42 Å². The Bertz CT molecular complexity index is 517. The number of rotatable bonds is 8. The lowest BCUT2D eigenvalue weighted by molar-refractivity contribution is -0.154. The molecular weight excluding hydrogens is 340 g/mol. The van der Waals surface area contributed by atoms with Gasteiger partial charge < -0.3 is 15.0 Å². The van der Waals surface area contributed by atoms with Crippen molar-refractivity contribution >= 4 is 11.9 Å². The van der Waals surface area contributed by atoms with Gasteiger partial charge in [-0.3, -0.25) is 14.7 Å². The van der Waals surface area contributed by atoms with Crippen molar-refractivity contribution in [1.29, 1.82) is 0 Å². The van der Waals surface area contributed by atoms with E-state index in [2.05, 4.69) is 32.3 Å². The molecule has 6 heteroatoms. The van der Waals surface area contributed by atoms with E-state index in [1.807, 2.05) is 27.8 Å². The van der Waals surface area contributed by atoms with E-state index in [1.54, 1.807) is 0 Å². The number of aliphatic imine (C=N–C) groups is 1. The fourth-order valence-electron chi connectivity index (χ4n) is 3.70. The van der Waals surface area contributed by atoms with Crippen LogP contribution >= 0.6 is 0 Å². The highest BCUT2D eigenvalue weighted by atomic mass is 16.6. The number of carbonyl (C=O) groups excluding carboxylic acids is 1. The second-order valence-electron chi connectivity index (χ2n) is 8.54. The number of ether oxygens (including phenoxy) is 1. The third kappa shape index (κ3) is 7.91. The zero-order valence-electron chi connectivity index (χ0n) is 17.7. The molecule has 0 bridgehead atoms. The Labute approximate surface area is 165 Å². The summed E-state index contributed by atoms with van der Waals surface area (Å²) in [5.41, 5.74) is -0.378. The van der Waals surface area contributed by atoms with Crippen LogP contribution in [0.5, 0.6) is 0 Å². The van der Waals surface area contributed by atoms with Crippen LogP contribution in [0.2, 0.25) is 0 Å². The Morgan fingerprint density at radius 2 is 1.89 bits per heavy atom. The van der Waals surface area contributed by atoms with Gasteiger partial charge in [0.1, 0.15) is 5.60 Å². The second kappa shape index (κ2) is 10.7. The zero-order valence-corrected chi connectivity index (χ0v) is 17.7. The summed E-state index contributed by atoms with van der Waals surface area (Å²) in [6.45, 7) is 11.0. The average Bonchev–Trinajstić information content (AvgIpc) is 3.26. The summed E-state index contributed by atoms with van der Waals surface area (Å²) in [4.78, 5) is 21.1. The lowest BCUT2D eigenvalue weighted by Crippen LogP contribution is -2.43. The van der Waals surface area contributed by atoms with E-state index < -0.39 is 0 Å². The highest BCUT2D eigenvalue weighted by Gasteiger charge is 2.29. The minimum Gasteiger partial charge on any atom is -0.460 e. The average molecular weight is 379 g/mol. The standard InChI is InChI=1S/C21H38N4O2/c1-21(2,3)27-19(26)11-7-5-6-8-13-23-20(22-4)25-16-12-18(17-25)24-14-9-10-15-24/h9-10,18H,5-8,11-17H2,1-4H3,(H,22,23). The third-order valence-corrected chi connectivity index (χ3v) is 5.05. The largest absolute Gasteiger partial charge is 0.460 e. The van der Waals surface area contributed by atoms with Crippen molar-refractivity contribution in [3.05, 3.63) is 12.2 Å². The van der Waals surface area contributed by atoms with Crippen molar-refractivity contribution in [3.8, 4) is 0 Å². The van der Waals surface area contributed by atoms with Crippen LogP contribution in [0.15, 0.2) is 17.1 Å². The van der Waals surface area contributed by atoms with Crippen LogP contribution in [0.3, 0.4) is 0 Å². The number of esters is 1. The lowest BCUT2D eigenvalue weighted by Gasteiger charge is -2.25. The molecular formula is C21H38N4O2. The lowest BCUT2D eigenvalue weighted by atomic mass is 10.1. The van der Waals surface area contributed by atoms with Gasteiger partial charge in [-0.15, -0.1) is 0 Å². The summed E-state index contributed by atoms with van der Waals surface area (Å²) in [5, 5.41) is 3.50. The maximum absolute atomic E-state index is 11.7. The first kappa shape index (κ1) is 21.7. The van der Waals surface area contributed by atoms with Crippen molar-refractivity contribution < 1.29 is 9.53 Å². The third-order valence-electron chi connectivity index (χ3n) is 5.05. The molecule has 2 aliphatic heterocycles. The van der Waals surface area contributed by atoms with Crippen LogP contribution in [0.25, 0.3) is 0 Å². The summed E-state index contributed by atoms with van der Waals surface area (Å²) in [5.74, 6) is 0.941. The van der Waals surface area contributed by atoms with Gasteiger partial charge in [0, 0.05) is 52.2 Å². The summed E-state index contributed by atoms with van der Waals surface area (Å²) < 4.78 is 5.33. The number of nitrogens with one attached hydrogen (secondary N) is 1. The van der Waals surface area contributed by atoms with Crippen molar-refractivity contribution in [2.75, 3.05) is 39.8 Å². The Hall–Kier alpha value is -1.56. The van der Waals surface area contributed by atoms with Gasteiger partial charge in [-0.2, -0.15) is 0 Å². The Morgan fingerprint density at radius 3 is 2.56 bits per heavy atom. The number of unbranched alkanes of at least 4 members (excludes halogenated alkanes) is 3. The minimum absolute atomic E-state index is 0.0854. The highest BCUT2D eigenvalue weighted by Crippen LogP contribution is 2.18. The maximum atomic E-state index is 11.7. The van der Waals surface area contributed by atoms with Gasteiger partial charge in [-0.1, -0.05) is 25.0 Å². The van der Waals surface area contributed by atoms with Crippen molar-refractivity contribution in [2.24, 2.45) is 4.99 Å². The van der Waals surface area contributed by atoms with E-state index in [0.717, 1.165) is 64.4 Å². The first-order valence-electron chi connectivity index (χ1n) is 10.5. The van der Waals surface area contributed by atoms with Crippen LogP contribution in [0.4, 0.5) is 0 Å². The highest BCUT2D eigenvalue weighted by molar-refractivity contribution is 5.80. The molecule has 2 aliphatic rings. The normalized spacial score (nSPS) is 21.1. The predicted molar refractivity (Wildman–Crippen MR) is 111 cm³/mol. The molecule has 0 amide bonds. The summed E-state index contributed by atoms with van der Waals surface area (Å²) in [6.07, 6.45) is 10.4. The van der Waals surface area contributed by atoms with Crippen LogP contribution in [0.1, 0.15) is 59.3 Å². The van der Waals surface area contributed by atoms with Gasteiger partial charge in [0.2, 0.25) is 0 Å². The van der Waals surface area contributed by atoms with E-state index in [9.17, 15) is 4.79 Å². The van der Waals surface area contributed by atoms with Gasteiger partial charge in [-0.05, 0) is 40.0 Å². The number of hydrogen-bond donors (Lipinski definition) is 1. The molecule has 0 aromatic carbocycles. The molecule has 0 aromatic heterocycles. The van der Waals surface area contributed by atoms with Crippen LogP contribution < -0.4 is 5.32 Å². The molecule has 1 N–H and O–H groups in total. The molecule has 0 aliphatic carbocycles. The first-order chi connectivity index (χ1) is 12.9. The van der Waals surface area contributed by atoms with Gasteiger partial charge in [0.25, 0.3) is 0 Å². The minimum atomic E-state index is -0.378. The van der Waals surface area contributed by atoms with Gasteiger partial charge in [-0.25, -0.2) is 0 Å². The van der Waals surface area contributed by atoms with Crippen LogP contribution in [-0.2, 0) is 9.53 Å². The first-order valence-corrected chi connectivity index (χ1v) is 10.5. The Balaban J connectivity index is 1.53. The predicted octanol–water partition coefficient (Wildman–Crippen LogP) is 2.80. The van der Waals surface area contributed by atoms with Crippen molar-refractivity contribution in [2.45, 2.75) is 70.9 Å². The number of carbonyl (C=O) groups is 1. The molecule has 154 valence electrons. The molecule has 2 heterocycles. The molecule has 1 fully saturated rings. The second-order valence-corrected chi connectivity index (χ2v) is 8.54. The molecule has 1 saturated heterocycles. The Kier molecular flexibility index (Phi) is 8.61. The molecule has 2 rings (SSSR count). The molecule has 0 spiro atoms. The van der Waals surface area contributed by atoms with Crippen LogP contribution in [-0.4, -0.2) is 73.1 Å². The molecule has 0 aromatic rings. The molecule has 6 nitrogen and oxygen atoms in total. The smallest absolute Gasteiger partial charge is 0.306 e. The van der Waals surface area contributed by atoms with Crippen LogP contribution in [0, 0.1) is 0 Å². The molecule has 1 atom stereocenters. The van der Waals surface area contributed by atoms with E-state index in [4.69, 9.17) is 4.74 Å². The fourth-order valence-corrected chi connectivity index (χ4v) is 3.70. The van der Waals surface area contributed by atoms with E-state index >= 15 is 0 Å². The number of hydrogen-bond acceptors (Lipinski definition) is 4. The van der Waals surface area contributed by atoms with Crippen molar-refractivity contribution in [1.82, 2.24) is 15.1 Å². The Morgan fingerprint density at radius 1 is 1.19 bits per heavy atom. The zero-order chi connectivity index (χ0) is 19.7. The summed E-state index contributed by atoms with van der Waals surface area (Å²) in [6, 6.07) is 0.645. The van der Waals surface area contributed by atoms with Crippen molar-refractivity contribution in [3.63, 3.8) is 0 Å². The molecule has 0 saturated carbocycles. The maximum Gasteiger partial charge on any atom is 0.306 e. The van der Waals surface area contributed by atoms with E-state index in [0.29, 0.717) is 12.5 Å². The SMILES string of the molecule is CN=C(NCCCCCCC(=O)OC(C)(C)C)N1CCC(N2CC=CC2)C1. The summed E-state index contributed by atoms with van der Waals surface area (Å²) in [7, 11) is 1.87. The summed E-state index contributed by atoms with van der Waals surface area (Å²) >= 11 is 0. The molecule has 1 unspecified atom stereocenters. The van der Waals surface area contributed by atoms with Gasteiger partial charge in [0.05, 0.1) is 0 Å². The number of likely N-dealkylation sites (tertiary alicyclic amines) is 1. The number of nitrogens with zero attached hydrogens (tertiary/aromatic N) is 3. The van der Waals surface area contributed by atoms with E-state index in [-0.39, 0.29) is 11.6 Å². The molecule has 0 radical (unpaired) electrons. The monoisotopic (exact) mass is 378 g/mol. The molecule has 27 heavy (non-hydrogen) atoms. The van der Waals surface area contributed by atoms with Gasteiger partial charge in [0.15, 0.2) is 5.96 Å².